The lowest BCUT2D eigenvalue weighted by Gasteiger charge is -2.25. The highest BCUT2D eigenvalue weighted by molar-refractivity contribution is 5.28. The van der Waals surface area contributed by atoms with Crippen LogP contribution in [0.3, 0.4) is 0 Å². The molecule has 74 valence electrons. The number of nitro groups is 1. The van der Waals surface area contributed by atoms with Crippen molar-refractivity contribution in [2.24, 2.45) is 0 Å². The van der Waals surface area contributed by atoms with Gasteiger partial charge in [0.2, 0.25) is 5.88 Å². The summed E-state index contributed by atoms with van der Waals surface area (Å²) in [5.74, 6) is 0.473. The predicted molar refractivity (Wildman–Crippen MR) is 49.2 cm³/mol. The SMILES string of the molecule is O=[N+]([O-])c1ccc(OC2CCC2)nc1. The Balaban J connectivity index is 2.01. The molecule has 1 aromatic heterocycles. The number of hydrogen-bond donors (Lipinski definition) is 0. The van der Waals surface area contributed by atoms with Crippen LogP contribution >= 0.6 is 0 Å². The van der Waals surface area contributed by atoms with E-state index in [0.29, 0.717) is 5.88 Å². The molecule has 0 aliphatic heterocycles. The van der Waals surface area contributed by atoms with Gasteiger partial charge in [-0.25, -0.2) is 4.98 Å². The molecule has 0 bridgehead atoms. The maximum atomic E-state index is 10.3. The van der Waals surface area contributed by atoms with Gasteiger partial charge in [0.05, 0.1) is 4.92 Å². The summed E-state index contributed by atoms with van der Waals surface area (Å²) in [6.45, 7) is 0. The molecule has 0 N–H and O–H groups in total. The highest BCUT2D eigenvalue weighted by Gasteiger charge is 2.19. The number of hydrogen-bond acceptors (Lipinski definition) is 4. The normalized spacial score (nSPS) is 16.0. The quantitative estimate of drug-likeness (QED) is 0.544. The standard InChI is InChI=1S/C9H10N2O3/c12-11(13)7-4-5-9(10-6-7)14-8-2-1-3-8/h4-6,8H,1-3H2. The van der Waals surface area contributed by atoms with Crippen molar-refractivity contribution in [2.45, 2.75) is 25.4 Å². The van der Waals surface area contributed by atoms with Gasteiger partial charge in [0.25, 0.3) is 5.69 Å². The minimum atomic E-state index is -0.472. The second kappa shape index (κ2) is 3.61. The molecule has 0 radical (unpaired) electrons. The van der Waals surface area contributed by atoms with Gasteiger partial charge < -0.3 is 4.74 Å². The van der Waals surface area contributed by atoms with E-state index >= 15 is 0 Å². The van der Waals surface area contributed by atoms with Crippen molar-refractivity contribution in [2.75, 3.05) is 0 Å². The summed E-state index contributed by atoms with van der Waals surface area (Å²) in [4.78, 5) is 13.7. The molecule has 5 heteroatoms. The molecule has 1 heterocycles. The highest BCUT2D eigenvalue weighted by atomic mass is 16.6. The molecule has 1 fully saturated rings. The number of aromatic nitrogens is 1. The van der Waals surface area contributed by atoms with E-state index in [2.05, 4.69) is 4.98 Å². The summed E-state index contributed by atoms with van der Waals surface area (Å²) in [6, 6.07) is 2.94. The lowest BCUT2D eigenvalue weighted by atomic mass is 9.96. The molecular weight excluding hydrogens is 184 g/mol. The number of nitrogens with zero attached hydrogens (tertiary/aromatic N) is 2. The Bertz CT molecular complexity index is 332. The van der Waals surface area contributed by atoms with Gasteiger partial charge in [0.15, 0.2) is 0 Å². The molecule has 1 aliphatic rings. The van der Waals surface area contributed by atoms with E-state index in [1.807, 2.05) is 0 Å². The predicted octanol–water partition coefficient (Wildman–Crippen LogP) is 1.92. The van der Waals surface area contributed by atoms with Gasteiger partial charge in [0, 0.05) is 12.1 Å². The lowest BCUT2D eigenvalue weighted by molar-refractivity contribution is -0.385. The van der Waals surface area contributed by atoms with Crippen LogP contribution in [0.25, 0.3) is 0 Å². The third kappa shape index (κ3) is 1.81. The zero-order chi connectivity index (χ0) is 9.97. The maximum absolute atomic E-state index is 10.3. The van der Waals surface area contributed by atoms with E-state index in [1.54, 1.807) is 0 Å². The fraction of sp³-hybridized carbons (Fsp3) is 0.444. The molecule has 14 heavy (non-hydrogen) atoms. The van der Waals surface area contributed by atoms with Crippen LogP contribution in [0.4, 0.5) is 5.69 Å². The van der Waals surface area contributed by atoms with E-state index in [0.717, 1.165) is 12.8 Å². The van der Waals surface area contributed by atoms with Gasteiger partial charge in [-0.2, -0.15) is 0 Å². The first-order chi connectivity index (χ1) is 6.75. The molecule has 0 aromatic carbocycles. The summed E-state index contributed by atoms with van der Waals surface area (Å²) < 4.78 is 5.45. The van der Waals surface area contributed by atoms with Crippen LogP contribution in [0.5, 0.6) is 5.88 Å². The molecule has 0 amide bonds. The van der Waals surface area contributed by atoms with Crippen LogP contribution in [0.15, 0.2) is 18.3 Å². The molecule has 1 aromatic rings. The molecule has 2 rings (SSSR count). The van der Waals surface area contributed by atoms with Gasteiger partial charge in [-0.15, -0.1) is 0 Å². The van der Waals surface area contributed by atoms with Crippen LogP contribution in [0.1, 0.15) is 19.3 Å². The second-order valence-corrected chi connectivity index (χ2v) is 3.28. The van der Waals surface area contributed by atoms with Crippen molar-refractivity contribution in [1.29, 1.82) is 0 Å². The van der Waals surface area contributed by atoms with Crippen molar-refractivity contribution in [3.8, 4) is 5.88 Å². The average molecular weight is 194 g/mol. The molecule has 0 spiro atoms. The third-order valence-corrected chi connectivity index (χ3v) is 2.27. The van der Waals surface area contributed by atoms with Gasteiger partial charge in [0.1, 0.15) is 12.3 Å². The number of ether oxygens (including phenoxy) is 1. The van der Waals surface area contributed by atoms with Crippen molar-refractivity contribution < 1.29 is 9.66 Å². The molecule has 0 unspecified atom stereocenters. The largest absolute Gasteiger partial charge is 0.474 e. The monoisotopic (exact) mass is 194 g/mol. The average Bonchev–Trinajstić information content (AvgIpc) is 2.12. The minimum Gasteiger partial charge on any atom is -0.474 e. The Morgan fingerprint density at radius 2 is 2.29 bits per heavy atom. The Labute approximate surface area is 80.9 Å². The van der Waals surface area contributed by atoms with Crippen LogP contribution in [0.2, 0.25) is 0 Å². The fourth-order valence-corrected chi connectivity index (χ4v) is 1.21. The van der Waals surface area contributed by atoms with E-state index < -0.39 is 4.92 Å². The zero-order valence-corrected chi connectivity index (χ0v) is 7.55. The summed E-state index contributed by atoms with van der Waals surface area (Å²) in [7, 11) is 0. The van der Waals surface area contributed by atoms with Crippen LogP contribution < -0.4 is 4.74 Å². The molecule has 1 aliphatic carbocycles. The molecule has 1 saturated carbocycles. The van der Waals surface area contributed by atoms with Crippen molar-refractivity contribution >= 4 is 5.69 Å². The van der Waals surface area contributed by atoms with Gasteiger partial charge in [-0.1, -0.05) is 0 Å². The summed E-state index contributed by atoms with van der Waals surface area (Å²) in [5, 5.41) is 10.3. The smallest absolute Gasteiger partial charge is 0.287 e. The highest BCUT2D eigenvalue weighted by Crippen LogP contribution is 2.24. The minimum absolute atomic E-state index is 0.00837. The van der Waals surface area contributed by atoms with E-state index in [-0.39, 0.29) is 11.8 Å². The van der Waals surface area contributed by atoms with Crippen LogP contribution in [-0.4, -0.2) is 16.0 Å². The third-order valence-electron chi connectivity index (χ3n) is 2.27. The Kier molecular flexibility index (Phi) is 2.30. The zero-order valence-electron chi connectivity index (χ0n) is 7.55. The van der Waals surface area contributed by atoms with E-state index in [4.69, 9.17) is 4.74 Å². The second-order valence-electron chi connectivity index (χ2n) is 3.28. The Hall–Kier alpha value is -1.65. The Morgan fingerprint density at radius 3 is 2.71 bits per heavy atom. The van der Waals surface area contributed by atoms with Crippen molar-refractivity contribution in [1.82, 2.24) is 4.98 Å². The molecular formula is C9H10N2O3. The summed E-state index contributed by atoms with van der Waals surface area (Å²) >= 11 is 0. The van der Waals surface area contributed by atoms with Crippen LogP contribution in [0, 0.1) is 10.1 Å². The van der Waals surface area contributed by atoms with Gasteiger partial charge in [-0.3, -0.25) is 10.1 Å². The van der Waals surface area contributed by atoms with E-state index in [1.165, 1.54) is 24.8 Å². The fourth-order valence-electron chi connectivity index (χ4n) is 1.21. The number of rotatable bonds is 3. The molecule has 0 saturated heterocycles. The molecule has 0 atom stereocenters. The first kappa shape index (κ1) is 8.93. The first-order valence-electron chi connectivity index (χ1n) is 4.53. The molecule has 5 nitrogen and oxygen atoms in total. The lowest BCUT2D eigenvalue weighted by Crippen LogP contribution is -2.24. The van der Waals surface area contributed by atoms with E-state index in [9.17, 15) is 10.1 Å². The first-order valence-corrected chi connectivity index (χ1v) is 4.53. The summed E-state index contributed by atoms with van der Waals surface area (Å²) in [6.07, 6.45) is 4.77. The Morgan fingerprint density at radius 1 is 1.50 bits per heavy atom. The maximum Gasteiger partial charge on any atom is 0.287 e. The topological polar surface area (TPSA) is 65.3 Å². The van der Waals surface area contributed by atoms with Crippen molar-refractivity contribution in [3.63, 3.8) is 0 Å². The van der Waals surface area contributed by atoms with Crippen LogP contribution in [-0.2, 0) is 0 Å². The number of pyridine rings is 1. The summed E-state index contributed by atoms with van der Waals surface area (Å²) in [5.41, 5.74) is -0.00837. The van der Waals surface area contributed by atoms with Crippen molar-refractivity contribution in [3.05, 3.63) is 28.4 Å². The van der Waals surface area contributed by atoms with Gasteiger partial charge in [-0.05, 0) is 19.3 Å². The van der Waals surface area contributed by atoms with Gasteiger partial charge >= 0.3 is 0 Å².